The van der Waals surface area contributed by atoms with Gasteiger partial charge < -0.3 is 10.2 Å². The Hall–Kier alpha value is -3.06. The molecule has 6 nitrogen and oxygen atoms in total. The molecule has 1 saturated heterocycles. The fourth-order valence-electron chi connectivity index (χ4n) is 5.93. The molecule has 2 aliphatic heterocycles. The number of carbonyl (C=O) groups excluding carboxylic acids is 2. The van der Waals surface area contributed by atoms with Gasteiger partial charge in [-0.25, -0.2) is 4.39 Å². The molecule has 2 heterocycles. The fourth-order valence-corrected chi connectivity index (χ4v) is 5.93. The molecule has 36 heavy (non-hydrogen) atoms. The standard InChI is InChI=1S/C29H35FN4O2/c1-31-28(35)21-9-13-25(14-10-21)34-26-17-20(19-33-15-3-2-4-16-33)5-6-23(26)18-27(34)32-29(36)22-7-11-24(30)12-8-22/h5-8,11-12,17,21,25H,2-4,9-10,13-16,18-19H2,1H3,(H,31,35). The van der Waals surface area contributed by atoms with E-state index in [-0.39, 0.29) is 29.6 Å². The highest BCUT2D eigenvalue weighted by Gasteiger charge is 2.36. The maximum Gasteiger partial charge on any atom is 0.278 e. The van der Waals surface area contributed by atoms with Gasteiger partial charge in [0.15, 0.2) is 0 Å². The van der Waals surface area contributed by atoms with Gasteiger partial charge in [0, 0.05) is 43.2 Å². The van der Waals surface area contributed by atoms with Crippen LogP contribution >= 0.6 is 0 Å². The number of amidine groups is 1. The second-order valence-corrected chi connectivity index (χ2v) is 10.3. The molecule has 0 radical (unpaired) electrons. The van der Waals surface area contributed by atoms with E-state index < -0.39 is 0 Å². The van der Waals surface area contributed by atoms with Gasteiger partial charge >= 0.3 is 0 Å². The first kappa shape index (κ1) is 24.6. The first-order chi connectivity index (χ1) is 17.5. The van der Waals surface area contributed by atoms with Gasteiger partial charge in [0.2, 0.25) is 5.91 Å². The summed E-state index contributed by atoms with van der Waals surface area (Å²) in [5.41, 5.74) is 3.98. The van der Waals surface area contributed by atoms with Crippen molar-refractivity contribution in [3.8, 4) is 0 Å². The zero-order chi connectivity index (χ0) is 25.1. The number of nitrogens with zero attached hydrogens (tertiary/aromatic N) is 3. The first-order valence-electron chi connectivity index (χ1n) is 13.2. The molecule has 0 aromatic heterocycles. The van der Waals surface area contributed by atoms with Gasteiger partial charge in [0.1, 0.15) is 11.7 Å². The average molecular weight is 491 g/mol. The van der Waals surface area contributed by atoms with E-state index in [9.17, 15) is 14.0 Å². The molecule has 190 valence electrons. The van der Waals surface area contributed by atoms with Crippen LogP contribution in [0.4, 0.5) is 10.1 Å². The van der Waals surface area contributed by atoms with E-state index in [1.54, 1.807) is 7.05 Å². The van der Waals surface area contributed by atoms with Crippen LogP contribution < -0.4 is 10.2 Å². The number of rotatable bonds is 5. The lowest BCUT2D eigenvalue weighted by Crippen LogP contribution is -2.42. The third-order valence-corrected chi connectivity index (χ3v) is 7.89. The molecule has 0 bridgehead atoms. The lowest BCUT2D eigenvalue weighted by atomic mass is 9.84. The summed E-state index contributed by atoms with van der Waals surface area (Å²) >= 11 is 0. The Bertz CT molecular complexity index is 1130. The van der Waals surface area contributed by atoms with Crippen molar-refractivity contribution in [2.45, 2.75) is 64.0 Å². The Morgan fingerprint density at radius 1 is 1.00 bits per heavy atom. The summed E-state index contributed by atoms with van der Waals surface area (Å²) in [6, 6.07) is 12.4. The Labute approximate surface area is 212 Å². The Morgan fingerprint density at radius 3 is 2.42 bits per heavy atom. The number of halogens is 1. The predicted molar refractivity (Wildman–Crippen MR) is 140 cm³/mol. The van der Waals surface area contributed by atoms with Crippen LogP contribution in [0.2, 0.25) is 0 Å². The van der Waals surface area contributed by atoms with Gasteiger partial charge in [-0.3, -0.25) is 14.5 Å². The summed E-state index contributed by atoms with van der Waals surface area (Å²) in [5.74, 6) is 0.177. The molecule has 0 atom stereocenters. The maximum atomic E-state index is 13.4. The number of piperidine rings is 1. The zero-order valence-corrected chi connectivity index (χ0v) is 21.0. The first-order valence-corrected chi connectivity index (χ1v) is 13.2. The molecule has 3 aliphatic rings. The van der Waals surface area contributed by atoms with Crippen molar-refractivity contribution in [2.24, 2.45) is 10.9 Å². The number of hydrogen-bond donors (Lipinski definition) is 1. The fraction of sp³-hybridized carbons (Fsp3) is 0.483. The predicted octanol–water partition coefficient (Wildman–Crippen LogP) is 4.72. The summed E-state index contributed by atoms with van der Waals surface area (Å²) in [6.45, 7) is 3.22. The summed E-state index contributed by atoms with van der Waals surface area (Å²) in [4.78, 5) is 34.5. The topological polar surface area (TPSA) is 65.0 Å². The zero-order valence-electron chi connectivity index (χ0n) is 21.0. The summed E-state index contributed by atoms with van der Waals surface area (Å²) in [5, 5.41) is 2.79. The van der Waals surface area contributed by atoms with E-state index in [1.165, 1.54) is 54.7 Å². The van der Waals surface area contributed by atoms with Crippen molar-refractivity contribution in [1.82, 2.24) is 10.2 Å². The van der Waals surface area contributed by atoms with E-state index in [0.717, 1.165) is 56.8 Å². The molecule has 2 amide bonds. The number of benzene rings is 2. The second kappa shape index (κ2) is 10.9. The highest BCUT2D eigenvalue weighted by molar-refractivity contribution is 6.12. The summed E-state index contributed by atoms with van der Waals surface area (Å²) in [7, 11) is 1.70. The largest absolute Gasteiger partial charge is 0.359 e. The molecular formula is C29H35FN4O2. The van der Waals surface area contributed by atoms with Crippen LogP contribution in [-0.4, -0.2) is 48.7 Å². The molecule has 1 aliphatic carbocycles. The number of likely N-dealkylation sites (tertiary alicyclic amines) is 1. The molecule has 0 unspecified atom stereocenters. The highest BCUT2D eigenvalue weighted by atomic mass is 19.1. The Kier molecular flexibility index (Phi) is 7.46. The van der Waals surface area contributed by atoms with Crippen LogP contribution in [0, 0.1) is 11.7 Å². The van der Waals surface area contributed by atoms with Gasteiger partial charge in [-0.1, -0.05) is 18.6 Å². The molecule has 0 spiro atoms. The van der Waals surface area contributed by atoms with Crippen molar-refractivity contribution in [2.75, 3.05) is 25.0 Å². The average Bonchev–Trinajstić information content (AvgIpc) is 3.26. The number of fused-ring (bicyclic) bond motifs is 1. The molecule has 7 heteroatoms. The van der Waals surface area contributed by atoms with Crippen LogP contribution in [0.15, 0.2) is 47.5 Å². The van der Waals surface area contributed by atoms with E-state index in [0.29, 0.717) is 12.0 Å². The van der Waals surface area contributed by atoms with Gasteiger partial charge in [-0.2, -0.15) is 4.99 Å². The maximum absolute atomic E-state index is 13.4. The van der Waals surface area contributed by atoms with Crippen LogP contribution in [0.5, 0.6) is 0 Å². The SMILES string of the molecule is CNC(=O)C1CCC(N2C(=NC(=O)c3ccc(F)cc3)Cc3ccc(CN4CCCCC4)cc32)CC1. The molecule has 1 saturated carbocycles. The van der Waals surface area contributed by atoms with E-state index in [4.69, 9.17) is 0 Å². The van der Waals surface area contributed by atoms with Crippen LogP contribution in [0.25, 0.3) is 0 Å². The molecule has 2 aromatic carbocycles. The van der Waals surface area contributed by atoms with E-state index in [1.807, 2.05) is 0 Å². The third kappa shape index (κ3) is 5.36. The van der Waals surface area contributed by atoms with Crippen molar-refractivity contribution in [3.63, 3.8) is 0 Å². The third-order valence-electron chi connectivity index (χ3n) is 7.89. The highest BCUT2D eigenvalue weighted by Crippen LogP contribution is 2.38. The smallest absolute Gasteiger partial charge is 0.278 e. The molecule has 2 aromatic rings. The number of aliphatic imine (C=N–C) groups is 1. The minimum Gasteiger partial charge on any atom is -0.359 e. The van der Waals surface area contributed by atoms with Crippen molar-refractivity contribution < 1.29 is 14.0 Å². The quantitative estimate of drug-likeness (QED) is 0.659. The minimum atomic E-state index is -0.372. The van der Waals surface area contributed by atoms with Crippen molar-refractivity contribution in [1.29, 1.82) is 0 Å². The van der Waals surface area contributed by atoms with Crippen LogP contribution in [0.3, 0.4) is 0 Å². The van der Waals surface area contributed by atoms with Crippen molar-refractivity contribution >= 4 is 23.3 Å². The summed E-state index contributed by atoms with van der Waals surface area (Å²) < 4.78 is 13.4. The van der Waals surface area contributed by atoms with Crippen molar-refractivity contribution in [3.05, 3.63) is 65.0 Å². The number of anilines is 1. The Morgan fingerprint density at radius 2 is 1.72 bits per heavy atom. The van der Waals surface area contributed by atoms with Crippen LogP contribution in [-0.2, 0) is 17.8 Å². The number of carbonyl (C=O) groups is 2. The lowest BCUT2D eigenvalue weighted by molar-refractivity contribution is -0.125. The van der Waals surface area contributed by atoms with Gasteiger partial charge in [0.25, 0.3) is 5.91 Å². The normalized spacial score (nSPS) is 23.5. The Balaban J connectivity index is 1.42. The minimum absolute atomic E-state index is 0.0417. The van der Waals surface area contributed by atoms with Gasteiger partial charge in [-0.05, 0) is 93.1 Å². The van der Waals surface area contributed by atoms with Gasteiger partial charge in [-0.15, -0.1) is 0 Å². The number of nitrogens with one attached hydrogen (secondary N) is 1. The number of hydrogen-bond acceptors (Lipinski definition) is 3. The van der Waals surface area contributed by atoms with E-state index in [2.05, 4.69) is 38.3 Å². The van der Waals surface area contributed by atoms with E-state index >= 15 is 0 Å². The molecular weight excluding hydrogens is 455 g/mol. The monoisotopic (exact) mass is 490 g/mol. The number of amides is 2. The molecule has 5 rings (SSSR count). The van der Waals surface area contributed by atoms with Crippen LogP contribution in [0.1, 0.15) is 66.4 Å². The molecule has 1 N–H and O–H groups in total. The summed E-state index contributed by atoms with van der Waals surface area (Å²) in [6.07, 6.45) is 7.82. The second-order valence-electron chi connectivity index (χ2n) is 10.3. The lowest BCUT2D eigenvalue weighted by Gasteiger charge is -2.36. The van der Waals surface area contributed by atoms with Gasteiger partial charge in [0.05, 0.1) is 0 Å². The molecule has 2 fully saturated rings.